The molecule has 0 unspecified atom stereocenters. The van der Waals surface area contributed by atoms with Crippen molar-refractivity contribution < 1.29 is 13.5 Å². The van der Waals surface area contributed by atoms with Gasteiger partial charge in [-0.1, -0.05) is 6.58 Å². The van der Waals surface area contributed by atoms with Gasteiger partial charge >= 0.3 is 0 Å². The summed E-state index contributed by atoms with van der Waals surface area (Å²) in [7, 11) is 0. The normalized spacial score (nSPS) is 15.1. The Labute approximate surface area is 74.6 Å². The van der Waals surface area contributed by atoms with Gasteiger partial charge in [0.05, 0.1) is 12.2 Å². The summed E-state index contributed by atoms with van der Waals surface area (Å²) >= 11 is 0. The lowest BCUT2D eigenvalue weighted by Gasteiger charge is -2.19. The number of benzene rings is 1. The van der Waals surface area contributed by atoms with E-state index in [1.54, 1.807) is 0 Å². The third kappa shape index (κ3) is 1.30. The van der Waals surface area contributed by atoms with E-state index in [0.717, 1.165) is 6.07 Å². The van der Waals surface area contributed by atoms with Gasteiger partial charge in [0.15, 0.2) is 0 Å². The fourth-order valence-corrected chi connectivity index (χ4v) is 1.42. The minimum Gasteiger partial charge on any atom is -0.492 e. The van der Waals surface area contributed by atoms with E-state index in [2.05, 4.69) is 6.58 Å². The van der Waals surface area contributed by atoms with Crippen molar-refractivity contribution in [2.45, 2.75) is 6.42 Å². The molecular formula is C10H8F2O. The van der Waals surface area contributed by atoms with E-state index in [-0.39, 0.29) is 5.75 Å². The molecule has 3 heteroatoms. The number of ether oxygens (including phenoxy) is 1. The standard InChI is InChI=1S/C10H8F2O/c1-6-2-3-13-9-5-7(11)4-8(12)10(6)9/h4-5H,1-3H2. The Kier molecular flexibility index (Phi) is 1.79. The minimum atomic E-state index is -0.619. The molecule has 1 heterocycles. The van der Waals surface area contributed by atoms with E-state index < -0.39 is 11.6 Å². The molecule has 0 N–H and O–H groups in total. The monoisotopic (exact) mass is 182 g/mol. The molecule has 0 saturated carbocycles. The Balaban J connectivity index is 2.63. The van der Waals surface area contributed by atoms with Crippen LogP contribution in [0.1, 0.15) is 12.0 Å². The van der Waals surface area contributed by atoms with Crippen LogP contribution in [0.15, 0.2) is 18.7 Å². The zero-order valence-electron chi connectivity index (χ0n) is 6.94. The third-order valence-corrected chi connectivity index (χ3v) is 2.03. The molecule has 0 fully saturated rings. The predicted molar refractivity (Wildman–Crippen MR) is 45.5 cm³/mol. The molecule has 1 aromatic rings. The summed E-state index contributed by atoms with van der Waals surface area (Å²) in [4.78, 5) is 0. The largest absolute Gasteiger partial charge is 0.492 e. The van der Waals surface area contributed by atoms with E-state index in [9.17, 15) is 8.78 Å². The van der Waals surface area contributed by atoms with Crippen LogP contribution >= 0.6 is 0 Å². The second kappa shape index (κ2) is 2.83. The van der Waals surface area contributed by atoms with Gasteiger partial charge in [0.2, 0.25) is 0 Å². The maximum Gasteiger partial charge on any atom is 0.137 e. The van der Waals surface area contributed by atoms with Crippen LogP contribution in [0, 0.1) is 11.6 Å². The average molecular weight is 182 g/mol. The summed E-state index contributed by atoms with van der Waals surface area (Å²) in [5.74, 6) is -0.959. The van der Waals surface area contributed by atoms with E-state index in [4.69, 9.17) is 4.74 Å². The lowest BCUT2D eigenvalue weighted by Crippen LogP contribution is -2.09. The van der Waals surface area contributed by atoms with E-state index in [1.165, 1.54) is 6.07 Å². The summed E-state index contributed by atoms with van der Waals surface area (Å²) in [6.45, 7) is 4.14. The van der Waals surface area contributed by atoms with E-state index in [1.807, 2.05) is 0 Å². The third-order valence-electron chi connectivity index (χ3n) is 2.03. The van der Waals surface area contributed by atoms with Crippen LogP contribution < -0.4 is 4.74 Å². The Bertz CT molecular complexity index is 371. The van der Waals surface area contributed by atoms with Crippen LogP contribution in [-0.4, -0.2) is 6.61 Å². The highest BCUT2D eigenvalue weighted by atomic mass is 19.1. The van der Waals surface area contributed by atoms with Crippen molar-refractivity contribution in [1.29, 1.82) is 0 Å². The molecule has 2 rings (SSSR count). The lowest BCUT2D eigenvalue weighted by atomic mass is 10.0. The van der Waals surface area contributed by atoms with E-state index >= 15 is 0 Å². The summed E-state index contributed by atoms with van der Waals surface area (Å²) in [6.07, 6.45) is 0.593. The Morgan fingerprint density at radius 1 is 1.31 bits per heavy atom. The van der Waals surface area contributed by atoms with Crippen molar-refractivity contribution >= 4 is 5.57 Å². The minimum absolute atomic E-state index is 0.258. The topological polar surface area (TPSA) is 9.23 Å². The zero-order valence-corrected chi connectivity index (χ0v) is 6.94. The Morgan fingerprint density at radius 2 is 2.08 bits per heavy atom. The SMILES string of the molecule is C=C1CCOc2cc(F)cc(F)c21. The van der Waals surface area contributed by atoms with Crippen LogP contribution in [0.2, 0.25) is 0 Å². The van der Waals surface area contributed by atoms with Crippen LogP contribution in [-0.2, 0) is 0 Å². The van der Waals surface area contributed by atoms with Crippen molar-refractivity contribution in [1.82, 2.24) is 0 Å². The number of fused-ring (bicyclic) bond motifs is 1. The second-order valence-corrected chi connectivity index (χ2v) is 2.96. The first-order valence-corrected chi connectivity index (χ1v) is 3.98. The van der Waals surface area contributed by atoms with Gasteiger partial charge < -0.3 is 4.74 Å². The van der Waals surface area contributed by atoms with Gasteiger partial charge in [0.1, 0.15) is 17.4 Å². The smallest absolute Gasteiger partial charge is 0.137 e. The summed E-state index contributed by atoms with van der Waals surface area (Å²) in [6, 6.07) is 2.03. The molecule has 0 radical (unpaired) electrons. The molecule has 0 saturated heterocycles. The molecule has 0 bridgehead atoms. The van der Waals surface area contributed by atoms with E-state index in [0.29, 0.717) is 24.2 Å². The number of rotatable bonds is 0. The molecule has 1 aliphatic rings. The Morgan fingerprint density at radius 3 is 2.85 bits per heavy atom. The molecular weight excluding hydrogens is 174 g/mol. The summed E-state index contributed by atoms with van der Waals surface area (Å²) in [5, 5.41) is 0. The molecule has 0 aromatic heterocycles. The quantitative estimate of drug-likeness (QED) is 0.599. The maximum absolute atomic E-state index is 13.2. The number of hydrogen-bond donors (Lipinski definition) is 0. The Hall–Kier alpha value is -1.38. The van der Waals surface area contributed by atoms with Crippen LogP contribution in [0.3, 0.4) is 0 Å². The molecule has 0 amide bonds. The van der Waals surface area contributed by atoms with Gasteiger partial charge in [-0.05, 0) is 5.57 Å². The molecule has 68 valence electrons. The predicted octanol–water partition coefficient (Wildman–Crippen LogP) is 2.76. The maximum atomic E-state index is 13.2. The number of halogens is 2. The zero-order chi connectivity index (χ0) is 9.42. The van der Waals surface area contributed by atoms with Crippen LogP contribution in [0.25, 0.3) is 5.57 Å². The van der Waals surface area contributed by atoms with Crippen molar-refractivity contribution in [3.05, 3.63) is 35.9 Å². The van der Waals surface area contributed by atoms with Gasteiger partial charge in [-0.3, -0.25) is 0 Å². The van der Waals surface area contributed by atoms with Crippen LogP contribution in [0.4, 0.5) is 8.78 Å². The summed E-state index contributed by atoms with van der Waals surface area (Å²) in [5.41, 5.74) is 0.978. The first kappa shape index (κ1) is 8.23. The fraction of sp³-hybridized carbons (Fsp3) is 0.200. The fourth-order valence-electron chi connectivity index (χ4n) is 1.42. The lowest BCUT2D eigenvalue weighted by molar-refractivity contribution is 0.311. The highest BCUT2D eigenvalue weighted by Crippen LogP contribution is 2.34. The van der Waals surface area contributed by atoms with Gasteiger partial charge in [-0.25, -0.2) is 8.78 Å². The van der Waals surface area contributed by atoms with Gasteiger partial charge in [0, 0.05) is 18.6 Å². The van der Waals surface area contributed by atoms with Crippen molar-refractivity contribution in [2.75, 3.05) is 6.61 Å². The summed E-state index contributed by atoms with van der Waals surface area (Å²) < 4.78 is 31.0. The van der Waals surface area contributed by atoms with Gasteiger partial charge in [-0.15, -0.1) is 0 Å². The van der Waals surface area contributed by atoms with Crippen LogP contribution in [0.5, 0.6) is 5.75 Å². The van der Waals surface area contributed by atoms with Gasteiger partial charge in [-0.2, -0.15) is 0 Å². The average Bonchev–Trinajstić information content (AvgIpc) is 2.02. The molecule has 0 aliphatic carbocycles. The molecule has 0 atom stereocenters. The molecule has 0 spiro atoms. The first-order chi connectivity index (χ1) is 6.18. The molecule has 13 heavy (non-hydrogen) atoms. The molecule has 1 aliphatic heterocycles. The van der Waals surface area contributed by atoms with Gasteiger partial charge in [0.25, 0.3) is 0 Å². The highest BCUT2D eigenvalue weighted by Gasteiger charge is 2.19. The van der Waals surface area contributed by atoms with Crippen molar-refractivity contribution in [2.24, 2.45) is 0 Å². The second-order valence-electron chi connectivity index (χ2n) is 2.96. The first-order valence-electron chi connectivity index (χ1n) is 3.98. The highest BCUT2D eigenvalue weighted by molar-refractivity contribution is 5.70. The number of hydrogen-bond acceptors (Lipinski definition) is 1. The van der Waals surface area contributed by atoms with Crippen molar-refractivity contribution in [3.63, 3.8) is 0 Å². The van der Waals surface area contributed by atoms with Crippen molar-refractivity contribution in [3.8, 4) is 5.75 Å². The molecule has 1 nitrogen and oxygen atoms in total. The molecule has 1 aromatic carbocycles.